The van der Waals surface area contributed by atoms with Crippen LogP contribution in [0.1, 0.15) is 52.7 Å². The van der Waals surface area contributed by atoms with Crippen LogP contribution in [0.15, 0.2) is 0 Å². The summed E-state index contributed by atoms with van der Waals surface area (Å²) in [6.45, 7) is 4.32. The highest BCUT2D eigenvalue weighted by Crippen LogP contribution is 2.49. The Bertz CT molecular complexity index is 675. The van der Waals surface area contributed by atoms with E-state index in [0.717, 1.165) is 24.0 Å². The summed E-state index contributed by atoms with van der Waals surface area (Å²) in [5, 5.41) is 9.93. The van der Waals surface area contributed by atoms with Gasteiger partial charge in [-0.25, -0.2) is 4.79 Å². The summed E-state index contributed by atoms with van der Waals surface area (Å²) in [6.07, 6.45) is -0.0983. The van der Waals surface area contributed by atoms with Gasteiger partial charge in [-0.05, 0) is 34.9 Å². The van der Waals surface area contributed by atoms with E-state index in [-0.39, 0.29) is 11.8 Å². The Morgan fingerprint density at radius 1 is 1.12 bits per heavy atom. The molecule has 0 spiro atoms. The molecule has 0 fully saturated rings. The van der Waals surface area contributed by atoms with Crippen LogP contribution in [0, 0.1) is 5.41 Å². The standard InChI is InChI=1S/C18H24O6/c1-18(2)7-10-11(8-18)15(21-3)14(17(22-4)23-5)9-6-12(19)24-16(20)13(9)10/h12,17,19H,6-8H2,1-5H3. The molecule has 24 heavy (non-hydrogen) atoms. The van der Waals surface area contributed by atoms with E-state index in [0.29, 0.717) is 22.4 Å². The number of carbonyl (C=O) groups excluding carboxylic acids is 1. The van der Waals surface area contributed by atoms with E-state index in [4.69, 9.17) is 18.9 Å². The van der Waals surface area contributed by atoms with E-state index < -0.39 is 18.5 Å². The fourth-order valence-electron chi connectivity index (χ4n) is 3.98. The molecule has 6 nitrogen and oxygen atoms in total. The molecule has 6 heteroatoms. The fourth-order valence-corrected chi connectivity index (χ4v) is 3.98. The van der Waals surface area contributed by atoms with Gasteiger partial charge in [-0.15, -0.1) is 0 Å². The number of cyclic esters (lactones) is 1. The average molecular weight is 336 g/mol. The summed E-state index contributed by atoms with van der Waals surface area (Å²) in [7, 11) is 4.68. The molecule has 0 radical (unpaired) electrons. The molecule has 1 heterocycles. The van der Waals surface area contributed by atoms with E-state index in [1.165, 1.54) is 14.2 Å². The summed E-state index contributed by atoms with van der Waals surface area (Å²) >= 11 is 0. The minimum Gasteiger partial charge on any atom is -0.496 e. The van der Waals surface area contributed by atoms with Crippen LogP contribution in [0.4, 0.5) is 0 Å². The number of carbonyl (C=O) groups is 1. The molecule has 0 aromatic heterocycles. The number of benzene rings is 1. The topological polar surface area (TPSA) is 74.2 Å². The van der Waals surface area contributed by atoms with Gasteiger partial charge in [-0.1, -0.05) is 13.8 Å². The molecule has 0 bridgehead atoms. The number of aliphatic hydroxyl groups excluding tert-OH is 1. The Labute approximate surface area is 141 Å². The number of hydrogen-bond donors (Lipinski definition) is 1. The van der Waals surface area contributed by atoms with E-state index >= 15 is 0 Å². The average Bonchev–Trinajstić information content (AvgIpc) is 2.82. The third-order valence-corrected chi connectivity index (χ3v) is 4.82. The van der Waals surface area contributed by atoms with Gasteiger partial charge < -0.3 is 24.1 Å². The van der Waals surface area contributed by atoms with Gasteiger partial charge in [0.15, 0.2) is 6.29 Å². The second kappa shape index (κ2) is 6.02. The van der Waals surface area contributed by atoms with Crippen LogP contribution in [-0.4, -0.2) is 38.7 Å². The van der Waals surface area contributed by atoms with Crippen molar-refractivity contribution in [2.24, 2.45) is 5.41 Å². The zero-order valence-electron chi connectivity index (χ0n) is 14.8. The molecule has 1 aliphatic heterocycles. The van der Waals surface area contributed by atoms with Gasteiger partial charge in [-0.3, -0.25) is 0 Å². The molecule has 1 atom stereocenters. The highest BCUT2D eigenvalue weighted by molar-refractivity contribution is 5.96. The Hall–Kier alpha value is -1.63. The first-order valence-corrected chi connectivity index (χ1v) is 8.02. The van der Waals surface area contributed by atoms with Crippen LogP contribution in [0.25, 0.3) is 0 Å². The van der Waals surface area contributed by atoms with Crippen molar-refractivity contribution < 1.29 is 28.8 Å². The Morgan fingerprint density at radius 2 is 1.75 bits per heavy atom. The summed E-state index contributed by atoms with van der Waals surface area (Å²) < 4.78 is 21.7. The molecule has 1 aromatic rings. The Morgan fingerprint density at radius 3 is 2.33 bits per heavy atom. The molecule has 1 aliphatic carbocycles. The normalized spacial score (nSPS) is 21.5. The van der Waals surface area contributed by atoms with Gasteiger partial charge in [0.1, 0.15) is 5.75 Å². The van der Waals surface area contributed by atoms with E-state index in [9.17, 15) is 9.90 Å². The summed E-state index contributed by atoms with van der Waals surface area (Å²) in [5.74, 6) is 0.192. The zero-order chi connectivity index (χ0) is 17.6. The molecular formula is C18H24O6. The number of methoxy groups -OCH3 is 3. The maximum Gasteiger partial charge on any atom is 0.341 e. The van der Waals surface area contributed by atoms with Crippen LogP contribution >= 0.6 is 0 Å². The lowest BCUT2D eigenvalue weighted by Gasteiger charge is -2.29. The number of hydrogen-bond acceptors (Lipinski definition) is 6. The lowest BCUT2D eigenvalue weighted by Crippen LogP contribution is -2.31. The number of fused-ring (bicyclic) bond motifs is 3. The monoisotopic (exact) mass is 336 g/mol. The number of ether oxygens (including phenoxy) is 4. The number of rotatable bonds is 4. The zero-order valence-corrected chi connectivity index (χ0v) is 14.8. The van der Waals surface area contributed by atoms with Crippen LogP contribution in [0.5, 0.6) is 5.75 Å². The van der Waals surface area contributed by atoms with E-state index in [2.05, 4.69) is 13.8 Å². The maximum atomic E-state index is 12.5. The van der Waals surface area contributed by atoms with Crippen molar-refractivity contribution >= 4 is 5.97 Å². The highest BCUT2D eigenvalue weighted by atomic mass is 16.7. The van der Waals surface area contributed by atoms with Crippen molar-refractivity contribution in [3.8, 4) is 5.75 Å². The number of aliphatic hydroxyl groups is 1. The van der Waals surface area contributed by atoms with Crippen LogP contribution in [0.2, 0.25) is 0 Å². The molecule has 132 valence electrons. The molecule has 3 rings (SSSR count). The van der Waals surface area contributed by atoms with Crippen molar-refractivity contribution in [3.05, 3.63) is 27.8 Å². The predicted molar refractivity (Wildman–Crippen MR) is 86.1 cm³/mol. The SMILES string of the molecule is COc1c2c(c3c(c1C(OC)OC)CC(O)OC3=O)CC(C)(C)C2. The van der Waals surface area contributed by atoms with Crippen molar-refractivity contribution in [1.29, 1.82) is 0 Å². The van der Waals surface area contributed by atoms with Crippen LogP contribution < -0.4 is 4.74 Å². The van der Waals surface area contributed by atoms with E-state index in [1.54, 1.807) is 7.11 Å². The molecule has 0 amide bonds. The Balaban J connectivity index is 2.34. The third kappa shape index (κ3) is 2.59. The van der Waals surface area contributed by atoms with Gasteiger partial charge in [0.25, 0.3) is 0 Å². The van der Waals surface area contributed by atoms with Gasteiger partial charge >= 0.3 is 5.97 Å². The number of esters is 1. The maximum absolute atomic E-state index is 12.5. The first kappa shape index (κ1) is 17.2. The predicted octanol–water partition coefficient (Wildman–Crippen LogP) is 2.14. The molecule has 1 unspecified atom stereocenters. The van der Waals surface area contributed by atoms with Gasteiger partial charge in [-0.2, -0.15) is 0 Å². The molecule has 2 aliphatic rings. The second-order valence-corrected chi connectivity index (χ2v) is 7.14. The summed E-state index contributed by atoms with van der Waals surface area (Å²) in [6, 6.07) is 0. The van der Waals surface area contributed by atoms with Crippen molar-refractivity contribution in [2.75, 3.05) is 21.3 Å². The largest absolute Gasteiger partial charge is 0.496 e. The summed E-state index contributed by atoms with van der Waals surface area (Å²) in [4.78, 5) is 12.5. The molecular weight excluding hydrogens is 312 g/mol. The smallest absolute Gasteiger partial charge is 0.341 e. The minimum absolute atomic E-state index is 0.0218. The van der Waals surface area contributed by atoms with Crippen molar-refractivity contribution in [1.82, 2.24) is 0 Å². The van der Waals surface area contributed by atoms with Crippen LogP contribution in [0.3, 0.4) is 0 Å². The molecule has 1 aromatic carbocycles. The minimum atomic E-state index is -1.17. The van der Waals surface area contributed by atoms with Gasteiger partial charge in [0, 0.05) is 20.6 Å². The van der Waals surface area contributed by atoms with Crippen LogP contribution in [-0.2, 0) is 33.5 Å². The summed E-state index contributed by atoms with van der Waals surface area (Å²) in [5.41, 5.74) is 3.89. The first-order valence-electron chi connectivity index (χ1n) is 8.02. The fraction of sp³-hybridized carbons (Fsp3) is 0.611. The molecule has 0 saturated heterocycles. The quantitative estimate of drug-likeness (QED) is 0.671. The van der Waals surface area contributed by atoms with Gasteiger partial charge in [0.05, 0.1) is 18.2 Å². The van der Waals surface area contributed by atoms with Crippen molar-refractivity contribution in [2.45, 2.75) is 45.7 Å². The lowest BCUT2D eigenvalue weighted by molar-refractivity contribution is -0.109. The van der Waals surface area contributed by atoms with E-state index in [1.807, 2.05) is 0 Å². The molecule has 0 saturated carbocycles. The first-order chi connectivity index (χ1) is 11.3. The Kier molecular flexibility index (Phi) is 4.32. The third-order valence-electron chi connectivity index (χ3n) is 4.82. The lowest BCUT2D eigenvalue weighted by atomic mass is 9.87. The second-order valence-electron chi connectivity index (χ2n) is 7.14. The highest BCUT2D eigenvalue weighted by Gasteiger charge is 2.42. The van der Waals surface area contributed by atoms with Gasteiger partial charge in [0.2, 0.25) is 6.29 Å². The van der Waals surface area contributed by atoms with Crippen molar-refractivity contribution in [3.63, 3.8) is 0 Å². The molecule has 1 N–H and O–H groups in total.